The lowest BCUT2D eigenvalue weighted by Gasteiger charge is -2.10. The fourth-order valence-electron chi connectivity index (χ4n) is 2.08. The van der Waals surface area contributed by atoms with Gasteiger partial charge in [-0.1, -0.05) is 0 Å². The number of aromatic nitrogens is 2. The Morgan fingerprint density at radius 3 is 2.86 bits per heavy atom. The molecule has 0 saturated heterocycles. The van der Waals surface area contributed by atoms with Crippen molar-refractivity contribution < 1.29 is 9.84 Å². The van der Waals surface area contributed by atoms with E-state index in [0.717, 1.165) is 34.8 Å². The van der Waals surface area contributed by atoms with Crippen LogP contribution in [0, 0.1) is 13.8 Å². The van der Waals surface area contributed by atoms with Crippen molar-refractivity contribution in [3.05, 3.63) is 41.3 Å². The Kier molecular flexibility index (Phi) is 5.25. The molecule has 5 nitrogen and oxygen atoms in total. The first kappa shape index (κ1) is 15.4. The van der Waals surface area contributed by atoms with Crippen LogP contribution in [0.5, 0.6) is 5.75 Å². The van der Waals surface area contributed by atoms with Crippen molar-refractivity contribution in [3.63, 3.8) is 0 Å². The maximum Gasteiger partial charge on any atom is 0.120 e. The molecule has 0 radical (unpaired) electrons. The fraction of sp³-hybridized carbons (Fsp3) is 0.375. The zero-order valence-electron chi connectivity index (χ0n) is 12.7. The molecule has 0 unspecified atom stereocenters. The van der Waals surface area contributed by atoms with Crippen LogP contribution in [0.1, 0.15) is 17.0 Å². The molecule has 1 aromatic carbocycles. The number of ether oxygens (including phenoxy) is 1. The van der Waals surface area contributed by atoms with E-state index in [2.05, 4.69) is 15.3 Å². The molecular formula is C16H21N3O2. The van der Waals surface area contributed by atoms with E-state index < -0.39 is 0 Å². The molecule has 2 aromatic rings. The molecule has 0 saturated carbocycles. The fourth-order valence-corrected chi connectivity index (χ4v) is 2.08. The number of benzene rings is 1. The average molecular weight is 287 g/mol. The van der Waals surface area contributed by atoms with Gasteiger partial charge in [-0.25, -0.2) is 4.98 Å². The van der Waals surface area contributed by atoms with E-state index >= 15 is 0 Å². The lowest BCUT2D eigenvalue weighted by atomic mass is 10.1. The van der Waals surface area contributed by atoms with Gasteiger partial charge in [-0.3, -0.25) is 4.98 Å². The molecule has 0 aliphatic heterocycles. The van der Waals surface area contributed by atoms with Crippen LogP contribution >= 0.6 is 0 Å². The average Bonchev–Trinajstić information content (AvgIpc) is 2.48. The summed E-state index contributed by atoms with van der Waals surface area (Å²) < 4.78 is 4.99. The molecule has 1 heterocycles. The molecule has 112 valence electrons. The van der Waals surface area contributed by atoms with Crippen molar-refractivity contribution >= 4 is 0 Å². The van der Waals surface area contributed by atoms with E-state index in [9.17, 15) is 5.11 Å². The molecule has 0 aliphatic carbocycles. The molecule has 0 amide bonds. The van der Waals surface area contributed by atoms with Crippen LogP contribution in [-0.4, -0.2) is 35.3 Å². The molecule has 21 heavy (non-hydrogen) atoms. The zero-order chi connectivity index (χ0) is 15.2. The second-order valence-electron chi connectivity index (χ2n) is 4.96. The first-order valence-corrected chi connectivity index (χ1v) is 6.94. The smallest absolute Gasteiger partial charge is 0.120 e. The van der Waals surface area contributed by atoms with Crippen LogP contribution in [0.15, 0.2) is 24.4 Å². The summed E-state index contributed by atoms with van der Waals surface area (Å²) in [5.74, 6) is 0.280. The van der Waals surface area contributed by atoms with Crippen LogP contribution in [0.2, 0.25) is 0 Å². The standard InChI is InChI=1S/C16H21N3O2/c1-11-9-18-12(2)16(19-11)13-4-5-15(20)14(8-13)10-17-6-7-21-3/h4-5,8-9,17,20H,6-7,10H2,1-3H3. The summed E-state index contributed by atoms with van der Waals surface area (Å²) in [4.78, 5) is 8.88. The lowest BCUT2D eigenvalue weighted by Crippen LogP contribution is -2.18. The summed E-state index contributed by atoms with van der Waals surface area (Å²) in [6.07, 6.45) is 1.76. The first-order chi connectivity index (χ1) is 10.1. The van der Waals surface area contributed by atoms with Crippen molar-refractivity contribution in [1.82, 2.24) is 15.3 Å². The number of methoxy groups -OCH3 is 1. The van der Waals surface area contributed by atoms with Crippen LogP contribution < -0.4 is 5.32 Å². The predicted molar refractivity (Wildman–Crippen MR) is 82.2 cm³/mol. The number of nitrogens with zero attached hydrogens (tertiary/aromatic N) is 2. The third-order valence-corrected chi connectivity index (χ3v) is 3.23. The Morgan fingerprint density at radius 1 is 1.29 bits per heavy atom. The first-order valence-electron chi connectivity index (χ1n) is 6.94. The highest BCUT2D eigenvalue weighted by Crippen LogP contribution is 2.26. The number of aromatic hydroxyl groups is 1. The largest absolute Gasteiger partial charge is 0.508 e. The normalized spacial score (nSPS) is 10.8. The van der Waals surface area contributed by atoms with Crippen molar-refractivity contribution in [3.8, 4) is 17.0 Å². The minimum absolute atomic E-state index is 0.280. The number of nitrogens with one attached hydrogen (secondary N) is 1. The Morgan fingerprint density at radius 2 is 2.10 bits per heavy atom. The Labute approximate surface area is 125 Å². The molecule has 2 rings (SSSR count). The van der Waals surface area contributed by atoms with E-state index in [1.807, 2.05) is 26.0 Å². The molecule has 1 aromatic heterocycles. The molecule has 2 N–H and O–H groups in total. The monoisotopic (exact) mass is 287 g/mol. The van der Waals surface area contributed by atoms with Crippen LogP contribution in [-0.2, 0) is 11.3 Å². The third-order valence-electron chi connectivity index (χ3n) is 3.23. The number of rotatable bonds is 6. The van der Waals surface area contributed by atoms with Gasteiger partial charge in [-0.05, 0) is 32.0 Å². The minimum Gasteiger partial charge on any atom is -0.508 e. The van der Waals surface area contributed by atoms with Gasteiger partial charge in [0.05, 0.1) is 23.7 Å². The van der Waals surface area contributed by atoms with E-state index in [-0.39, 0.29) is 5.75 Å². The summed E-state index contributed by atoms with van der Waals surface area (Å²) in [7, 11) is 1.67. The van der Waals surface area contributed by atoms with Gasteiger partial charge < -0.3 is 15.2 Å². The van der Waals surface area contributed by atoms with Gasteiger partial charge >= 0.3 is 0 Å². The van der Waals surface area contributed by atoms with Gasteiger partial charge in [0.15, 0.2) is 0 Å². The van der Waals surface area contributed by atoms with Gasteiger partial charge in [0, 0.05) is 37.5 Å². The van der Waals surface area contributed by atoms with Crippen molar-refractivity contribution in [2.24, 2.45) is 0 Å². The molecule has 0 atom stereocenters. The number of hydrogen-bond donors (Lipinski definition) is 2. The summed E-state index contributed by atoms with van der Waals surface area (Å²) >= 11 is 0. The van der Waals surface area contributed by atoms with E-state index in [1.165, 1.54) is 0 Å². The molecule has 5 heteroatoms. The Balaban J connectivity index is 2.23. The maximum atomic E-state index is 9.96. The quantitative estimate of drug-likeness (QED) is 0.797. The Bertz CT molecular complexity index is 614. The zero-order valence-corrected chi connectivity index (χ0v) is 12.7. The molecular weight excluding hydrogens is 266 g/mol. The maximum absolute atomic E-state index is 9.96. The van der Waals surface area contributed by atoms with Crippen LogP contribution in [0.25, 0.3) is 11.3 Å². The van der Waals surface area contributed by atoms with Gasteiger partial charge in [-0.15, -0.1) is 0 Å². The summed E-state index contributed by atoms with van der Waals surface area (Å²) in [6, 6.07) is 5.52. The molecule has 0 spiro atoms. The molecule has 0 bridgehead atoms. The second kappa shape index (κ2) is 7.15. The van der Waals surface area contributed by atoms with Crippen molar-refractivity contribution in [2.45, 2.75) is 20.4 Å². The second-order valence-corrected chi connectivity index (χ2v) is 4.96. The van der Waals surface area contributed by atoms with E-state index in [0.29, 0.717) is 13.2 Å². The molecule has 0 aliphatic rings. The van der Waals surface area contributed by atoms with Gasteiger partial charge in [0.1, 0.15) is 5.75 Å². The number of hydrogen-bond acceptors (Lipinski definition) is 5. The van der Waals surface area contributed by atoms with Gasteiger partial charge in [0.25, 0.3) is 0 Å². The van der Waals surface area contributed by atoms with E-state index in [4.69, 9.17) is 4.74 Å². The third kappa shape index (κ3) is 4.00. The number of phenolic OH excluding ortho intramolecular Hbond substituents is 1. The Hall–Kier alpha value is -1.98. The predicted octanol–water partition coefficient (Wildman–Crippen LogP) is 2.20. The highest BCUT2D eigenvalue weighted by atomic mass is 16.5. The summed E-state index contributed by atoms with van der Waals surface area (Å²) in [6.45, 7) is 5.82. The van der Waals surface area contributed by atoms with Gasteiger partial charge in [-0.2, -0.15) is 0 Å². The summed E-state index contributed by atoms with van der Waals surface area (Å²) in [5.41, 5.74) is 4.41. The molecule has 0 fully saturated rings. The number of phenols is 1. The topological polar surface area (TPSA) is 67.3 Å². The highest BCUT2D eigenvalue weighted by Gasteiger charge is 2.09. The van der Waals surface area contributed by atoms with Crippen LogP contribution in [0.3, 0.4) is 0 Å². The van der Waals surface area contributed by atoms with Gasteiger partial charge in [0.2, 0.25) is 0 Å². The minimum atomic E-state index is 0.280. The number of aryl methyl sites for hydroxylation is 2. The van der Waals surface area contributed by atoms with Crippen molar-refractivity contribution in [1.29, 1.82) is 0 Å². The van der Waals surface area contributed by atoms with Crippen LogP contribution in [0.4, 0.5) is 0 Å². The SMILES string of the molecule is COCCNCc1cc(-c2nc(C)cnc2C)ccc1O. The van der Waals surface area contributed by atoms with Crippen molar-refractivity contribution in [2.75, 3.05) is 20.3 Å². The summed E-state index contributed by atoms with van der Waals surface area (Å²) in [5, 5.41) is 13.2. The lowest BCUT2D eigenvalue weighted by molar-refractivity contribution is 0.199. The highest BCUT2D eigenvalue weighted by molar-refractivity contribution is 5.64. The van der Waals surface area contributed by atoms with E-state index in [1.54, 1.807) is 19.4 Å².